The summed E-state index contributed by atoms with van der Waals surface area (Å²) in [4.78, 5) is 4.41. The first-order valence-corrected chi connectivity index (χ1v) is 6.09. The summed E-state index contributed by atoms with van der Waals surface area (Å²) in [5, 5.41) is 4.72. The third kappa shape index (κ3) is 2.51. The van der Waals surface area contributed by atoms with Gasteiger partial charge in [-0.1, -0.05) is 6.92 Å². The molecule has 0 aromatic carbocycles. The number of nitrogens with one attached hydrogen (secondary N) is 1. The Morgan fingerprint density at radius 3 is 2.86 bits per heavy atom. The van der Waals surface area contributed by atoms with Crippen molar-refractivity contribution in [1.82, 2.24) is 14.7 Å². The van der Waals surface area contributed by atoms with Crippen molar-refractivity contribution in [3.63, 3.8) is 0 Å². The van der Waals surface area contributed by atoms with E-state index in [9.17, 15) is 0 Å². The van der Waals surface area contributed by atoms with Crippen LogP contribution in [0.1, 0.15) is 30.6 Å². The van der Waals surface area contributed by atoms with Gasteiger partial charge in [-0.05, 0) is 43.8 Å². The minimum Gasteiger partial charge on any atom is -0.314 e. The minimum absolute atomic E-state index is 0.632. The molecule has 1 aliphatic rings. The highest BCUT2D eigenvalue weighted by molar-refractivity contribution is 7.05. The number of hydrogen-bond acceptors (Lipinski definition) is 4. The standard InChI is InChI=1S/C10H17N3S/c1-3-11-9(8-4-5-8)6-10-12-7(2)13-14-10/h8-9,11H,3-6H2,1-2H3. The number of nitrogens with zero attached hydrogens (tertiary/aromatic N) is 2. The maximum atomic E-state index is 4.41. The van der Waals surface area contributed by atoms with Gasteiger partial charge in [0.1, 0.15) is 10.8 Å². The maximum Gasteiger partial charge on any atom is 0.139 e. The molecular weight excluding hydrogens is 194 g/mol. The van der Waals surface area contributed by atoms with Crippen LogP contribution in [-0.2, 0) is 6.42 Å². The van der Waals surface area contributed by atoms with Crippen molar-refractivity contribution >= 4 is 11.5 Å². The molecule has 1 aromatic heterocycles. The van der Waals surface area contributed by atoms with Gasteiger partial charge in [-0.3, -0.25) is 0 Å². The quantitative estimate of drug-likeness (QED) is 0.806. The number of aryl methyl sites for hydroxylation is 1. The van der Waals surface area contributed by atoms with Crippen molar-refractivity contribution in [2.24, 2.45) is 5.92 Å². The molecule has 4 heteroatoms. The zero-order chi connectivity index (χ0) is 9.97. The van der Waals surface area contributed by atoms with Gasteiger partial charge < -0.3 is 5.32 Å². The van der Waals surface area contributed by atoms with Gasteiger partial charge in [0.25, 0.3) is 0 Å². The van der Waals surface area contributed by atoms with Crippen LogP contribution in [-0.4, -0.2) is 21.9 Å². The second-order valence-electron chi connectivity index (χ2n) is 3.94. The maximum absolute atomic E-state index is 4.41. The van der Waals surface area contributed by atoms with E-state index in [0.717, 1.165) is 24.7 Å². The van der Waals surface area contributed by atoms with E-state index in [1.807, 2.05) is 6.92 Å². The van der Waals surface area contributed by atoms with E-state index in [2.05, 4.69) is 21.6 Å². The lowest BCUT2D eigenvalue weighted by molar-refractivity contribution is 0.471. The number of aromatic nitrogens is 2. The summed E-state index contributed by atoms with van der Waals surface area (Å²) in [6, 6.07) is 0.632. The zero-order valence-electron chi connectivity index (χ0n) is 8.79. The Balaban J connectivity index is 1.92. The van der Waals surface area contributed by atoms with Crippen LogP contribution in [0.4, 0.5) is 0 Å². The van der Waals surface area contributed by atoms with Crippen LogP contribution in [0, 0.1) is 12.8 Å². The molecule has 1 unspecified atom stereocenters. The van der Waals surface area contributed by atoms with E-state index in [1.54, 1.807) is 11.5 Å². The van der Waals surface area contributed by atoms with Gasteiger partial charge in [0, 0.05) is 12.5 Å². The number of hydrogen-bond donors (Lipinski definition) is 1. The monoisotopic (exact) mass is 211 g/mol. The molecule has 3 nitrogen and oxygen atoms in total. The van der Waals surface area contributed by atoms with Crippen LogP contribution in [0.5, 0.6) is 0 Å². The van der Waals surface area contributed by atoms with E-state index < -0.39 is 0 Å². The van der Waals surface area contributed by atoms with Gasteiger partial charge >= 0.3 is 0 Å². The molecule has 0 radical (unpaired) electrons. The van der Waals surface area contributed by atoms with Gasteiger partial charge in [-0.2, -0.15) is 4.37 Å². The van der Waals surface area contributed by atoms with E-state index in [-0.39, 0.29) is 0 Å². The Kier molecular flexibility index (Phi) is 3.13. The van der Waals surface area contributed by atoms with E-state index >= 15 is 0 Å². The molecule has 1 atom stereocenters. The molecule has 78 valence electrons. The van der Waals surface area contributed by atoms with Crippen molar-refractivity contribution in [1.29, 1.82) is 0 Å². The normalized spacial score (nSPS) is 18.4. The second kappa shape index (κ2) is 4.36. The summed E-state index contributed by atoms with van der Waals surface area (Å²) in [6.07, 6.45) is 3.83. The van der Waals surface area contributed by atoms with Crippen LogP contribution in [0.25, 0.3) is 0 Å². The zero-order valence-corrected chi connectivity index (χ0v) is 9.60. The largest absolute Gasteiger partial charge is 0.314 e. The third-order valence-corrected chi connectivity index (χ3v) is 3.45. The first-order valence-electron chi connectivity index (χ1n) is 5.32. The van der Waals surface area contributed by atoms with E-state index in [1.165, 1.54) is 17.8 Å². The molecule has 1 aromatic rings. The smallest absolute Gasteiger partial charge is 0.139 e. The van der Waals surface area contributed by atoms with Crippen LogP contribution in [0.2, 0.25) is 0 Å². The molecule has 14 heavy (non-hydrogen) atoms. The van der Waals surface area contributed by atoms with Crippen molar-refractivity contribution in [2.45, 2.75) is 39.2 Å². The van der Waals surface area contributed by atoms with Crippen LogP contribution in [0.15, 0.2) is 0 Å². The van der Waals surface area contributed by atoms with E-state index in [4.69, 9.17) is 0 Å². The average molecular weight is 211 g/mol. The molecule has 1 saturated carbocycles. The van der Waals surface area contributed by atoms with E-state index in [0.29, 0.717) is 6.04 Å². The Labute approximate surface area is 89.1 Å². The van der Waals surface area contributed by atoms with Gasteiger partial charge in [0.2, 0.25) is 0 Å². The molecule has 0 spiro atoms. The summed E-state index contributed by atoms with van der Waals surface area (Å²) >= 11 is 1.55. The number of rotatable bonds is 5. The molecule has 1 fully saturated rings. The lowest BCUT2D eigenvalue weighted by Gasteiger charge is -2.14. The SMILES string of the molecule is CCNC(Cc1nc(C)ns1)C1CC1. The van der Waals surface area contributed by atoms with Crippen LogP contribution in [0.3, 0.4) is 0 Å². The molecule has 2 rings (SSSR count). The predicted molar refractivity (Wildman–Crippen MR) is 58.5 cm³/mol. The Morgan fingerprint density at radius 2 is 2.36 bits per heavy atom. The first kappa shape index (κ1) is 10.1. The fraction of sp³-hybridized carbons (Fsp3) is 0.800. The van der Waals surface area contributed by atoms with Gasteiger partial charge in [-0.25, -0.2) is 4.98 Å². The molecule has 1 N–H and O–H groups in total. The first-order chi connectivity index (χ1) is 6.79. The van der Waals surface area contributed by atoms with Crippen molar-refractivity contribution in [3.8, 4) is 0 Å². The second-order valence-corrected chi connectivity index (χ2v) is 4.78. The molecule has 0 saturated heterocycles. The summed E-state index contributed by atoms with van der Waals surface area (Å²) < 4.78 is 4.21. The highest BCUT2D eigenvalue weighted by Crippen LogP contribution is 2.34. The third-order valence-electron chi connectivity index (χ3n) is 2.62. The van der Waals surface area contributed by atoms with Crippen LogP contribution < -0.4 is 5.32 Å². The minimum atomic E-state index is 0.632. The molecular formula is C10H17N3S. The fourth-order valence-electron chi connectivity index (χ4n) is 1.78. The van der Waals surface area contributed by atoms with Crippen LogP contribution >= 0.6 is 11.5 Å². The fourth-order valence-corrected chi connectivity index (χ4v) is 2.48. The molecule has 0 bridgehead atoms. The molecule has 1 aliphatic carbocycles. The van der Waals surface area contributed by atoms with Crippen molar-refractivity contribution < 1.29 is 0 Å². The topological polar surface area (TPSA) is 37.8 Å². The lowest BCUT2D eigenvalue weighted by atomic mass is 10.1. The summed E-state index contributed by atoms with van der Waals surface area (Å²) in [7, 11) is 0. The molecule has 0 amide bonds. The van der Waals surface area contributed by atoms with Gasteiger partial charge in [-0.15, -0.1) is 0 Å². The predicted octanol–water partition coefficient (Wildman–Crippen LogP) is 1.78. The Bertz CT molecular complexity index is 293. The number of likely N-dealkylation sites (N-methyl/N-ethyl adjacent to an activating group) is 1. The van der Waals surface area contributed by atoms with Crippen molar-refractivity contribution in [2.75, 3.05) is 6.54 Å². The lowest BCUT2D eigenvalue weighted by Crippen LogP contribution is -2.32. The average Bonchev–Trinajstić information content (AvgIpc) is 2.91. The molecule has 0 aliphatic heterocycles. The van der Waals surface area contributed by atoms with Gasteiger partial charge in [0.05, 0.1) is 0 Å². The Morgan fingerprint density at radius 1 is 1.57 bits per heavy atom. The highest BCUT2D eigenvalue weighted by Gasteiger charge is 2.31. The summed E-state index contributed by atoms with van der Waals surface area (Å²) in [6.45, 7) is 5.18. The summed E-state index contributed by atoms with van der Waals surface area (Å²) in [5.41, 5.74) is 0. The molecule has 1 heterocycles. The Hall–Kier alpha value is -0.480. The highest BCUT2D eigenvalue weighted by atomic mass is 32.1. The van der Waals surface area contributed by atoms with Crippen molar-refractivity contribution in [3.05, 3.63) is 10.8 Å². The van der Waals surface area contributed by atoms with Gasteiger partial charge in [0.15, 0.2) is 0 Å². The summed E-state index contributed by atoms with van der Waals surface area (Å²) in [5.74, 6) is 1.80.